The van der Waals surface area contributed by atoms with Crippen LogP contribution >= 0.6 is 0 Å². The van der Waals surface area contributed by atoms with Gasteiger partial charge < -0.3 is 15.1 Å². The van der Waals surface area contributed by atoms with Gasteiger partial charge in [0, 0.05) is 13.1 Å². The number of hydrogen-bond acceptors (Lipinski definition) is 3. The Kier molecular flexibility index (Phi) is 4.22. The lowest BCUT2D eigenvalue weighted by Gasteiger charge is -2.41. The van der Waals surface area contributed by atoms with Crippen LogP contribution in [0.3, 0.4) is 0 Å². The molecule has 0 amide bonds. The van der Waals surface area contributed by atoms with Crippen molar-refractivity contribution in [2.24, 2.45) is 0 Å². The minimum atomic E-state index is -1.14. The predicted octanol–water partition coefficient (Wildman–Crippen LogP) is 1.70. The Labute approximate surface area is 113 Å². The Morgan fingerprint density at radius 3 is 2.37 bits per heavy atom. The molecular formula is C15H21NO3. The van der Waals surface area contributed by atoms with Gasteiger partial charge in [-0.1, -0.05) is 37.3 Å². The first kappa shape index (κ1) is 14.0. The van der Waals surface area contributed by atoms with Crippen molar-refractivity contribution in [1.82, 2.24) is 4.90 Å². The van der Waals surface area contributed by atoms with Crippen molar-refractivity contribution in [3.63, 3.8) is 0 Å². The molecule has 0 bridgehead atoms. The lowest BCUT2D eigenvalue weighted by molar-refractivity contribution is -0.148. The normalized spacial score (nSPS) is 20.9. The standard InChI is InChI=1S/C15H21NO3/c1-2-16-10-8-15(19,9-11-16)13(14(17)18)12-6-4-3-5-7-12/h3-7,13,19H,2,8-11H2,1H3,(H,17,18)/t13-/m0/s1. The lowest BCUT2D eigenvalue weighted by Crippen LogP contribution is -2.49. The quantitative estimate of drug-likeness (QED) is 0.868. The first-order valence-corrected chi connectivity index (χ1v) is 6.79. The van der Waals surface area contributed by atoms with Gasteiger partial charge in [-0.3, -0.25) is 4.79 Å². The van der Waals surface area contributed by atoms with Gasteiger partial charge in [0.25, 0.3) is 0 Å². The Hall–Kier alpha value is -1.39. The Morgan fingerprint density at radius 1 is 1.32 bits per heavy atom. The lowest BCUT2D eigenvalue weighted by atomic mass is 9.76. The molecule has 0 spiro atoms. The maximum Gasteiger partial charge on any atom is 0.313 e. The third-order valence-corrected chi connectivity index (χ3v) is 4.09. The van der Waals surface area contributed by atoms with Crippen molar-refractivity contribution in [1.29, 1.82) is 0 Å². The molecule has 2 N–H and O–H groups in total. The molecule has 1 aromatic rings. The molecule has 104 valence electrons. The number of aliphatic hydroxyl groups is 1. The summed E-state index contributed by atoms with van der Waals surface area (Å²) in [6.07, 6.45) is 1.01. The Bertz CT molecular complexity index is 424. The smallest absolute Gasteiger partial charge is 0.313 e. The molecule has 0 saturated carbocycles. The van der Waals surface area contributed by atoms with Crippen LogP contribution in [-0.4, -0.2) is 46.3 Å². The summed E-state index contributed by atoms with van der Waals surface area (Å²) in [6, 6.07) is 9.05. The van der Waals surface area contributed by atoms with Crippen LogP contribution in [-0.2, 0) is 4.79 Å². The molecule has 1 aliphatic heterocycles. The minimum Gasteiger partial charge on any atom is -0.481 e. The third-order valence-electron chi connectivity index (χ3n) is 4.09. The maximum atomic E-state index is 11.6. The van der Waals surface area contributed by atoms with Crippen LogP contribution < -0.4 is 0 Å². The van der Waals surface area contributed by atoms with Crippen LogP contribution in [0.4, 0.5) is 0 Å². The van der Waals surface area contributed by atoms with Gasteiger partial charge in [-0.2, -0.15) is 0 Å². The summed E-state index contributed by atoms with van der Waals surface area (Å²) in [7, 11) is 0. The molecule has 1 heterocycles. The zero-order valence-corrected chi connectivity index (χ0v) is 11.2. The second-order valence-electron chi connectivity index (χ2n) is 5.22. The highest BCUT2D eigenvalue weighted by molar-refractivity contribution is 5.77. The highest BCUT2D eigenvalue weighted by atomic mass is 16.4. The molecule has 2 rings (SSSR count). The van der Waals surface area contributed by atoms with Gasteiger partial charge in [-0.15, -0.1) is 0 Å². The summed E-state index contributed by atoms with van der Waals surface area (Å²) < 4.78 is 0. The highest BCUT2D eigenvalue weighted by Crippen LogP contribution is 2.36. The molecule has 4 heteroatoms. The molecule has 0 aliphatic carbocycles. The summed E-state index contributed by atoms with van der Waals surface area (Å²) in [6.45, 7) is 4.53. The minimum absolute atomic E-state index is 0.507. The van der Waals surface area contributed by atoms with E-state index in [1.54, 1.807) is 12.1 Å². The van der Waals surface area contributed by atoms with Gasteiger partial charge in [0.05, 0.1) is 5.60 Å². The number of rotatable bonds is 4. The number of hydrogen-bond donors (Lipinski definition) is 2. The zero-order valence-electron chi connectivity index (χ0n) is 11.2. The van der Waals surface area contributed by atoms with E-state index in [1.165, 1.54) is 0 Å². The van der Waals surface area contributed by atoms with Crippen molar-refractivity contribution in [2.75, 3.05) is 19.6 Å². The van der Waals surface area contributed by atoms with Crippen molar-refractivity contribution in [2.45, 2.75) is 31.3 Å². The number of carbonyl (C=O) groups is 1. The molecule has 1 aliphatic rings. The van der Waals surface area contributed by atoms with Gasteiger partial charge in [0.2, 0.25) is 0 Å². The average Bonchev–Trinajstić information content (AvgIpc) is 2.40. The van der Waals surface area contributed by atoms with E-state index in [-0.39, 0.29) is 0 Å². The van der Waals surface area contributed by atoms with Crippen LogP contribution in [0.5, 0.6) is 0 Å². The number of likely N-dealkylation sites (tertiary alicyclic amines) is 1. The molecule has 4 nitrogen and oxygen atoms in total. The number of carboxylic acid groups (broad SMARTS) is 1. The van der Waals surface area contributed by atoms with Gasteiger partial charge in [-0.05, 0) is 24.9 Å². The number of nitrogens with zero attached hydrogens (tertiary/aromatic N) is 1. The van der Waals surface area contributed by atoms with E-state index in [4.69, 9.17) is 0 Å². The third kappa shape index (κ3) is 2.96. The molecule has 0 unspecified atom stereocenters. The van der Waals surface area contributed by atoms with Gasteiger partial charge >= 0.3 is 5.97 Å². The number of benzene rings is 1. The summed E-state index contributed by atoms with van der Waals surface area (Å²) >= 11 is 0. The van der Waals surface area contributed by atoms with Crippen LogP contribution in [0.15, 0.2) is 30.3 Å². The number of aliphatic carboxylic acids is 1. The average molecular weight is 263 g/mol. The highest BCUT2D eigenvalue weighted by Gasteiger charge is 2.44. The number of piperidine rings is 1. The van der Waals surface area contributed by atoms with E-state index < -0.39 is 17.5 Å². The van der Waals surface area contributed by atoms with E-state index in [0.717, 1.165) is 19.6 Å². The Balaban J connectivity index is 2.23. The van der Waals surface area contributed by atoms with Crippen molar-refractivity contribution in [3.8, 4) is 0 Å². The van der Waals surface area contributed by atoms with E-state index in [1.807, 2.05) is 18.2 Å². The van der Waals surface area contributed by atoms with Gasteiger partial charge in [0.1, 0.15) is 5.92 Å². The Morgan fingerprint density at radius 2 is 1.89 bits per heavy atom. The maximum absolute atomic E-state index is 11.6. The molecule has 1 saturated heterocycles. The fraction of sp³-hybridized carbons (Fsp3) is 0.533. The van der Waals surface area contributed by atoms with Crippen LogP contribution in [0, 0.1) is 0 Å². The van der Waals surface area contributed by atoms with E-state index in [0.29, 0.717) is 18.4 Å². The second-order valence-corrected chi connectivity index (χ2v) is 5.22. The SMILES string of the molecule is CCN1CCC(O)([C@H](C(=O)O)c2ccccc2)CC1. The fourth-order valence-corrected chi connectivity index (χ4v) is 2.87. The van der Waals surface area contributed by atoms with Crippen molar-refractivity contribution < 1.29 is 15.0 Å². The summed E-state index contributed by atoms with van der Waals surface area (Å²) in [4.78, 5) is 13.8. The molecule has 0 radical (unpaired) electrons. The molecule has 0 aromatic heterocycles. The van der Waals surface area contributed by atoms with Crippen molar-refractivity contribution in [3.05, 3.63) is 35.9 Å². The topological polar surface area (TPSA) is 60.8 Å². The number of carboxylic acids is 1. The van der Waals surface area contributed by atoms with Gasteiger partial charge in [-0.25, -0.2) is 0 Å². The van der Waals surface area contributed by atoms with Gasteiger partial charge in [0.15, 0.2) is 0 Å². The summed E-state index contributed by atoms with van der Waals surface area (Å²) in [5.74, 6) is -1.79. The van der Waals surface area contributed by atoms with E-state index in [9.17, 15) is 15.0 Å². The van der Waals surface area contributed by atoms with Crippen LogP contribution in [0.1, 0.15) is 31.2 Å². The van der Waals surface area contributed by atoms with Crippen LogP contribution in [0.2, 0.25) is 0 Å². The monoisotopic (exact) mass is 263 g/mol. The van der Waals surface area contributed by atoms with Crippen molar-refractivity contribution >= 4 is 5.97 Å². The fourth-order valence-electron chi connectivity index (χ4n) is 2.87. The van der Waals surface area contributed by atoms with E-state index >= 15 is 0 Å². The molecule has 1 atom stereocenters. The molecule has 19 heavy (non-hydrogen) atoms. The van der Waals surface area contributed by atoms with Crippen LogP contribution in [0.25, 0.3) is 0 Å². The first-order valence-electron chi connectivity index (χ1n) is 6.79. The second kappa shape index (κ2) is 5.72. The summed E-state index contributed by atoms with van der Waals surface area (Å²) in [5.41, 5.74) is -0.457. The molecular weight excluding hydrogens is 242 g/mol. The largest absolute Gasteiger partial charge is 0.481 e. The zero-order chi connectivity index (χ0) is 13.9. The predicted molar refractivity (Wildman–Crippen MR) is 73.1 cm³/mol. The molecule has 1 fully saturated rings. The molecule has 1 aromatic carbocycles. The summed E-state index contributed by atoms with van der Waals surface area (Å²) in [5, 5.41) is 20.3. The van der Waals surface area contributed by atoms with E-state index in [2.05, 4.69) is 11.8 Å². The first-order chi connectivity index (χ1) is 9.07.